The predicted octanol–water partition coefficient (Wildman–Crippen LogP) is 1.17. The summed E-state index contributed by atoms with van der Waals surface area (Å²) in [5.41, 5.74) is 1.98. The molecule has 2 aliphatic rings. The summed E-state index contributed by atoms with van der Waals surface area (Å²) in [4.78, 5) is 14.6. The lowest BCUT2D eigenvalue weighted by atomic mass is 9.83. The van der Waals surface area contributed by atoms with E-state index in [1.165, 1.54) is 5.56 Å². The Bertz CT molecular complexity index is 764. The van der Waals surface area contributed by atoms with Gasteiger partial charge in [-0.2, -0.15) is 5.10 Å². The quantitative estimate of drug-likeness (QED) is 0.873. The van der Waals surface area contributed by atoms with Gasteiger partial charge in [-0.15, -0.1) is 0 Å². The van der Waals surface area contributed by atoms with Gasteiger partial charge in [0, 0.05) is 58.2 Å². The molecule has 140 valence electrons. The van der Waals surface area contributed by atoms with Crippen LogP contribution in [0.3, 0.4) is 0 Å². The Morgan fingerprint density at radius 1 is 1.42 bits per heavy atom. The number of hydrogen-bond donors (Lipinski definition) is 1. The summed E-state index contributed by atoms with van der Waals surface area (Å²) < 4.78 is 9.90. The van der Waals surface area contributed by atoms with Crippen molar-refractivity contribution in [2.24, 2.45) is 20.0 Å². The molecule has 0 saturated carbocycles. The van der Waals surface area contributed by atoms with Crippen LogP contribution < -0.4 is 5.32 Å². The van der Waals surface area contributed by atoms with Crippen LogP contribution >= 0.6 is 0 Å². The minimum atomic E-state index is -0.0101. The Hall–Kier alpha value is -2.12. The highest BCUT2D eigenvalue weighted by Crippen LogP contribution is 2.36. The monoisotopic (exact) mass is 357 g/mol. The second-order valence-electron chi connectivity index (χ2n) is 7.78. The molecule has 1 atom stereocenters. The van der Waals surface area contributed by atoms with Gasteiger partial charge in [0.1, 0.15) is 5.69 Å². The summed E-state index contributed by atoms with van der Waals surface area (Å²) in [7, 11) is 3.83. The highest BCUT2D eigenvalue weighted by Gasteiger charge is 2.46. The number of hydrogen-bond acceptors (Lipinski definition) is 4. The number of likely N-dealkylation sites (tertiary alicyclic amines) is 1. The normalized spacial score (nSPS) is 22.3. The van der Waals surface area contributed by atoms with E-state index in [2.05, 4.69) is 21.5 Å². The number of ether oxygens (including phenoxy) is 1. The highest BCUT2D eigenvalue weighted by molar-refractivity contribution is 5.92. The Kier molecular flexibility index (Phi) is 4.58. The van der Waals surface area contributed by atoms with Gasteiger partial charge in [-0.3, -0.25) is 14.4 Å². The van der Waals surface area contributed by atoms with Gasteiger partial charge >= 0.3 is 0 Å². The van der Waals surface area contributed by atoms with Crippen molar-refractivity contribution >= 4 is 5.91 Å². The number of nitrogens with one attached hydrogen (secondary N) is 1. The molecule has 0 bridgehead atoms. The average molecular weight is 357 g/mol. The summed E-state index contributed by atoms with van der Waals surface area (Å²) in [6.45, 7) is 4.33. The molecule has 2 aromatic rings. The number of amides is 1. The van der Waals surface area contributed by atoms with E-state index in [0.717, 1.165) is 39.1 Å². The van der Waals surface area contributed by atoms with Gasteiger partial charge in [0.05, 0.1) is 18.4 Å². The molecule has 1 spiro atoms. The maximum absolute atomic E-state index is 12.2. The van der Waals surface area contributed by atoms with Crippen molar-refractivity contribution in [3.63, 3.8) is 0 Å². The van der Waals surface area contributed by atoms with Crippen LogP contribution in [-0.2, 0) is 25.4 Å². The number of nitrogens with zero attached hydrogens (tertiary/aromatic N) is 4. The van der Waals surface area contributed by atoms with Crippen molar-refractivity contribution in [2.45, 2.75) is 25.0 Å². The number of carbonyl (C=O) groups is 1. The lowest BCUT2D eigenvalue weighted by Crippen LogP contribution is -2.64. The first-order chi connectivity index (χ1) is 12.5. The average Bonchev–Trinajstić information content (AvgIpc) is 3.21. The summed E-state index contributed by atoms with van der Waals surface area (Å²) in [5.74, 6) is 0.390. The number of aryl methyl sites for hydroxylation is 2. The van der Waals surface area contributed by atoms with Crippen molar-refractivity contribution in [3.05, 3.63) is 42.0 Å². The Morgan fingerprint density at radius 3 is 2.88 bits per heavy atom. The Labute approximate surface area is 153 Å². The lowest BCUT2D eigenvalue weighted by Gasteiger charge is -2.53. The van der Waals surface area contributed by atoms with Crippen LogP contribution in [0.1, 0.15) is 28.9 Å². The van der Waals surface area contributed by atoms with E-state index in [9.17, 15) is 4.79 Å². The second kappa shape index (κ2) is 6.89. The first-order valence-corrected chi connectivity index (χ1v) is 9.26. The van der Waals surface area contributed by atoms with Gasteiger partial charge in [0.25, 0.3) is 5.91 Å². The number of aromatic nitrogens is 3. The van der Waals surface area contributed by atoms with E-state index in [4.69, 9.17) is 4.74 Å². The molecule has 7 heteroatoms. The van der Waals surface area contributed by atoms with Crippen LogP contribution in [0.25, 0.3) is 0 Å². The Morgan fingerprint density at radius 2 is 2.27 bits per heavy atom. The van der Waals surface area contributed by atoms with Gasteiger partial charge in [-0.05, 0) is 30.9 Å². The molecule has 0 radical (unpaired) electrons. The molecular formula is C19H27N5O2. The molecule has 26 heavy (non-hydrogen) atoms. The van der Waals surface area contributed by atoms with Crippen molar-refractivity contribution in [1.82, 2.24) is 24.6 Å². The van der Waals surface area contributed by atoms with Gasteiger partial charge in [0.2, 0.25) is 0 Å². The Balaban J connectivity index is 1.19. The van der Waals surface area contributed by atoms with Gasteiger partial charge in [-0.25, -0.2) is 0 Å². The molecule has 4 heterocycles. The predicted molar refractivity (Wildman–Crippen MR) is 97.6 cm³/mol. The van der Waals surface area contributed by atoms with Gasteiger partial charge in [-0.1, -0.05) is 0 Å². The van der Waals surface area contributed by atoms with Crippen molar-refractivity contribution in [3.8, 4) is 0 Å². The zero-order valence-electron chi connectivity index (χ0n) is 15.5. The first-order valence-electron chi connectivity index (χ1n) is 9.26. The summed E-state index contributed by atoms with van der Waals surface area (Å²) in [6.07, 6.45) is 8.06. The zero-order chi connectivity index (χ0) is 18.1. The standard InChI is InChI=1S/C19H27N5O2/c1-22-7-3-4-17(22)18(25)20-8-15-5-6-19(26-12-15)13-24(14-19)11-16-9-21-23(2)10-16/h3-4,7,9-10,15H,5-6,8,11-14H2,1-2H3,(H,20,25)/t15-/m1/s1. The fraction of sp³-hybridized carbons (Fsp3) is 0.579. The van der Waals surface area contributed by atoms with Crippen LogP contribution in [0.4, 0.5) is 0 Å². The van der Waals surface area contributed by atoms with Crippen LogP contribution in [0.2, 0.25) is 0 Å². The number of rotatable bonds is 5. The van der Waals surface area contributed by atoms with Crippen molar-refractivity contribution < 1.29 is 9.53 Å². The van der Waals surface area contributed by atoms with Gasteiger partial charge < -0.3 is 14.6 Å². The smallest absolute Gasteiger partial charge is 0.267 e. The minimum absolute atomic E-state index is 0.0101. The molecule has 2 fully saturated rings. The van der Waals surface area contributed by atoms with E-state index < -0.39 is 0 Å². The fourth-order valence-corrected chi connectivity index (χ4v) is 4.04. The summed E-state index contributed by atoms with van der Waals surface area (Å²) in [6, 6.07) is 3.73. The summed E-state index contributed by atoms with van der Waals surface area (Å²) >= 11 is 0. The third-order valence-electron chi connectivity index (χ3n) is 5.55. The molecular weight excluding hydrogens is 330 g/mol. The molecule has 1 amide bonds. The van der Waals surface area contributed by atoms with Gasteiger partial charge in [0.15, 0.2) is 0 Å². The van der Waals surface area contributed by atoms with E-state index in [1.54, 1.807) is 0 Å². The number of carbonyl (C=O) groups excluding carboxylic acids is 1. The molecule has 0 unspecified atom stereocenters. The molecule has 2 aromatic heterocycles. The van der Waals surface area contributed by atoms with Crippen LogP contribution in [-0.4, -0.2) is 57.0 Å². The third-order valence-corrected chi connectivity index (χ3v) is 5.55. The fourth-order valence-electron chi connectivity index (χ4n) is 4.04. The van der Waals surface area contributed by atoms with Crippen molar-refractivity contribution in [2.75, 3.05) is 26.2 Å². The first kappa shape index (κ1) is 17.3. The van der Waals surface area contributed by atoms with Crippen LogP contribution in [0.5, 0.6) is 0 Å². The van der Waals surface area contributed by atoms with Crippen LogP contribution in [0.15, 0.2) is 30.7 Å². The minimum Gasteiger partial charge on any atom is -0.372 e. The van der Waals surface area contributed by atoms with Crippen molar-refractivity contribution in [1.29, 1.82) is 0 Å². The van der Waals surface area contributed by atoms with E-state index in [1.807, 2.05) is 47.9 Å². The molecule has 2 saturated heterocycles. The van der Waals surface area contributed by atoms with E-state index >= 15 is 0 Å². The third kappa shape index (κ3) is 3.54. The summed E-state index contributed by atoms with van der Waals surface area (Å²) in [5, 5.41) is 7.27. The second-order valence-corrected chi connectivity index (χ2v) is 7.78. The molecule has 7 nitrogen and oxygen atoms in total. The highest BCUT2D eigenvalue weighted by atomic mass is 16.5. The molecule has 1 N–H and O–H groups in total. The van der Waals surface area contributed by atoms with Crippen LogP contribution in [0, 0.1) is 5.92 Å². The van der Waals surface area contributed by atoms with E-state index in [0.29, 0.717) is 18.2 Å². The maximum atomic E-state index is 12.2. The molecule has 4 rings (SSSR count). The SMILES string of the molecule is Cn1cc(CN2CC3(CC[C@H](CNC(=O)c4cccn4C)CO3)C2)cn1. The van der Waals surface area contributed by atoms with E-state index in [-0.39, 0.29) is 11.5 Å². The molecule has 2 aliphatic heterocycles. The lowest BCUT2D eigenvalue weighted by molar-refractivity contribution is -0.181. The maximum Gasteiger partial charge on any atom is 0.267 e. The molecule has 0 aliphatic carbocycles. The topological polar surface area (TPSA) is 64.3 Å². The largest absolute Gasteiger partial charge is 0.372 e. The molecule has 0 aromatic carbocycles. The zero-order valence-corrected chi connectivity index (χ0v) is 15.5.